The quantitative estimate of drug-likeness (QED) is 0.761. The van der Waals surface area contributed by atoms with E-state index in [4.69, 9.17) is 0 Å². The summed E-state index contributed by atoms with van der Waals surface area (Å²) in [6, 6.07) is -0.849. The molecule has 2 aliphatic rings. The van der Waals surface area contributed by atoms with Gasteiger partial charge < -0.3 is 0 Å². The lowest BCUT2D eigenvalue weighted by atomic mass is 9.97. The topological polar surface area (TPSA) is 83.6 Å². The van der Waals surface area contributed by atoms with E-state index in [1.165, 1.54) is 4.90 Å². The van der Waals surface area contributed by atoms with Crippen LogP contribution >= 0.6 is 0 Å². The minimum atomic E-state index is -0.844. The molecule has 1 unspecified atom stereocenters. The van der Waals surface area contributed by atoms with E-state index in [1.54, 1.807) is 0 Å². The monoisotopic (exact) mass is 286 g/mol. The molecule has 1 atom stereocenters. The van der Waals surface area contributed by atoms with Gasteiger partial charge >= 0.3 is 6.03 Å². The van der Waals surface area contributed by atoms with Crippen molar-refractivity contribution in [2.75, 3.05) is 11.5 Å². The summed E-state index contributed by atoms with van der Waals surface area (Å²) in [7, 11) is -0.844. The molecule has 0 aromatic heterocycles. The highest BCUT2D eigenvalue weighted by atomic mass is 32.2. The van der Waals surface area contributed by atoms with Crippen molar-refractivity contribution < 1.29 is 18.6 Å². The predicted octanol–water partition coefficient (Wildman–Crippen LogP) is 0.392. The summed E-state index contributed by atoms with van der Waals surface area (Å²) in [4.78, 5) is 37.0. The summed E-state index contributed by atoms with van der Waals surface area (Å²) in [6.45, 7) is 1.89. The molecule has 2 fully saturated rings. The summed E-state index contributed by atoms with van der Waals surface area (Å²) in [5.41, 5.74) is 0. The maximum Gasteiger partial charge on any atom is 0.331 e. The third-order valence-electron chi connectivity index (χ3n) is 3.60. The molecule has 4 amide bonds. The van der Waals surface area contributed by atoms with Gasteiger partial charge in [0.2, 0.25) is 11.8 Å². The molecule has 19 heavy (non-hydrogen) atoms. The van der Waals surface area contributed by atoms with E-state index in [-0.39, 0.29) is 6.04 Å². The zero-order valence-corrected chi connectivity index (χ0v) is 11.7. The van der Waals surface area contributed by atoms with E-state index in [0.29, 0.717) is 37.2 Å². The Hall–Kier alpha value is -1.24. The van der Waals surface area contributed by atoms with Gasteiger partial charge in [0.05, 0.1) is 0 Å². The summed E-state index contributed by atoms with van der Waals surface area (Å²) >= 11 is 0. The van der Waals surface area contributed by atoms with Crippen LogP contribution < -0.4 is 5.32 Å². The second-order valence-electron chi connectivity index (χ2n) is 4.92. The number of nitrogens with zero attached hydrogens (tertiary/aromatic N) is 1. The highest BCUT2D eigenvalue weighted by Gasteiger charge is 2.43. The molecule has 0 saturated carbocycles. The lowest BCUT2D eigenvalue weighted by Gasteiger charge is -2.37. The number of rotatable bonds is 3. The first kappa shape index (κ1) is 14.2. The number of hydrogen-bond acceptors (Lipinski definition) is 4. The fourth-order valence-electron chi connectivity index (χ4n) is 2.56. The number of barbiturate groups is 1. The Morgan fingerprint density at radius 1 is 1.26 bits per heavy atom. The summed E-state index contributed by atoms with van der Waals surface area (Å²) in [5.74, 6) is -0.627. The number of hydrogen-bond donors (Lipinski definition) is 1. The fourth-order valence-corrected chi connectivity index (χ4v) is 3.84. The van der Waals surface area contributed by atoms with E-state index in [9.17, 15) is 18.6 Å². The third-order valence-corrected chi connectivity index (χ3v) is 4.98. The van der Waals surface area contributed by atoms with Crippen LogP contribution in [0.25, 0.3) is 0 Å². The number of amides is 4. The van der Waals surface area contributed by atoms with Gasteiger partial charge in [-0.3, -0.25) is 24.0 Å². The van der Waals surface area contributed by atoms with Crippen LogP contribution in [0, 0.1) is 5.92 Å². The lowest BCUT2D eigenvalue weighted by Crippen LogP contribution is -2.61. The molecule has 7 heteroatoms. The average molecular weight is 286 g/mol. The van der Waals surface area contributed by atoms with Gasteiger partial charge in [-0.25, -0.2) is 4.79 Å². The van der Waals surface area contributed by atoms with Gasteiger partial charge in [-0.15, -0.1) is 0 Å². The van der Waals surface area contributed by atoms with E-state index >= 15 is 0 Å². The Balaban J connectivity index is 2.14. The zero-order valence-electron chi connectivity index (χ0n) is 10.9. The second kappa shape index (κ2) is 5.81. The molecule has 0 aliphatic carbocycles. The Labute approximate surface area is 114 Å². The van der Waals surface area contributed by atoms with Crippen LogP contribution in [0.3, 0.4) is 0 Å². The van der Waals surface area contributed by atoms with Crippen molar-refractivity contribution in [3.8, 4) is 0 Å². The molecule has 2 heterocycles. The van der Waals surface area contributed by atoms with Gasteiger partial charge in [0.25, 0.3) is 0 Å². The summed E-state index contributed by atoms with van der Waals surface area (Å²) in [6.07, 6.45) is 2.27. The van der Waals surface area contributed by atoms with Gasteiger partial charge in [0, 0.05) is 28.3 Å². The van der Waals surface area contributed by atoms with Crippen LogP contribution in [0.5, 0.6) is 0 Å². The van der Waals surface area contributed by atoms with Crippen molar-refractivity contribution in [2.24, 2.45) is 5.92 Å². The normalized spacial score (nSPS) is 32.4. The maximum absolute atomic E-state index is 12.3. The van der Waals surface area contributed by atoms with Crippen molar-refractivity contribution in [2.45, 2.75) is 38.6 Å². The molecule has 0 aromatic carbocycles. The van der Waals surface area contributed by atoms with Gasteiger partial charge in [-0.05, 0) is 19.3 Å². The van der Waals surface area contributed by atoms with E-state index in [0.717, 1.165) is 0 Å². The van der Waals surface area contributed by atoms with Crippen molar-refractivity contribution >= 4 is 28.6 Å². The largest absolute Gasteiger partial charge is 0.331 e. The molecule has 0 bridgehead atoms. The smallest absolute Gasteiger partial charge is 0.277 e. The first-order chi connectivity index (χ1) is 9.04. The maximum atomic E-state index is 12.3. The Kier molecular flexibility index (Phi) is 4.34. The van der Waals surface area contributed by atoms with Crippen LogP contribution in [0.4, 0.5) is 4.79 Å². The van der Waals surface area contributed by atoms with Crippen LogP contribution in [-0.4, -0.2) is 44.5 Å². The van der Waals surface area contributed by atoms with Gasteiger partial charge in [0.15, 0.2) is 0 Å². The van der Waals surface area contributed by atoms with Crippen molar-refractivity contribution in [3.63, 3.8) is 0 Å². The van der Waals surface area contributed by atoms with Crippen LogP contribution in [0.15, 0.2) is 0 Å². The molecule has 1 N–H and O–H groups in total. The van der Waals surface area contributed by atoms with Crippen molar-refractivity contribution in [1.82, 2.24) is 10.2 Å². The molecule has 2 aliphatic heterocycles. The van der Waals surface area contributed by atoms with Gasteiger partial charge in [-0.2, -0.15) is 0 Å². The molecule has 2 rings (SSSR count). The van der Waals surface area contributed by atoms with E-state index in [1.807, 2.05) is 6.92 Å². The standard InChI is InChI=1S/C12H18N2O4S/c1-2-3-9-10(15)13-12(17)14(11(9)16)8-4-6-19(18)7-5-8/h8-9H,2-7H2,1H3,(H,13,15,17). The number of carbonyl (C=O) groups is 3. The van der Waals surface area contributed by atoms with E-state index in [2.05, 4.69) is 5.32 Å². The molecule has 6 nitrogen and oxygen atoms in total. The Bertz CT molecular complexity index is 427. The van der Waals surface area contributed by atoms with Crippen LogP contribution in [0.1, 0.15) is 32.6 Å². The molecule has 0 spiro atoms. The van der Waals surface area contributed by atoms with Gasteiger partial charge in [-0.1, -0.05) is 13.3 Å². The minimum Gasteiger partial charge on any atom is -0.277 e. The molecule has 106 valence electrons. The number of nitrogens with one attached hydrogen (secondary N) is 1. The Morgan fingerprint density at radius 2 is 1.89 bits per heavy atom. The molecular formula is C12H18N2O4S. The molecule has 2 saturated heterocycles. The SMILES string of the molecule is CCCC1C(=O)NC(=O)N(C2CCS(=O)CC2)C1=O. The minimum absolute atomic E-state index is 0.224. The van der Waals surface area contributed by atoms with Crippen LogP contribution in [0.2, 0.25) is 0 Å². The third kappa shape index (κ3) is 2.86. The highest BCUT2D eigenvalue weighted by molar-refractivity contribution is 7.85. The summed E-state index contributed by atoms with van der Waals surface area (Å²) < 4.78 is 11.3. The number of carbonyl (C=O) groups excluding carboxylic acids is 3. The molecule has 0 radical (unpaired) electrons. The average Bonchev–Trinajstić information content (AvgIpc) is 2.36. The Morgan fingerprint density at radius 3 is 2.47 bits per heavy atom. The second-order valence-corrected chi connectivity index (χ2v) is 6.62. The van der Waals surface area contributed by atoms with E-state index < -0.39 is 34.6 Å². The first-order valence-corrected chi connectivity index (χ1v) is 8.06. The summed E-state index contributed by atoms with van der Waals surface area (Å²) in [5, 5.41) is 2.25. The lowest BCUT2D eigenvalue weighted by molar-refractivity contribution is -0.144. The first-order valence-electron chi connectivity index (χ1n) is 6.57. The van der Waals surface area contributed by atoms with Gasteiger partial charge in [0.1, 0.15) is 5.92 Å². The van der Waals surface area contributed by atoms with Crippen molar-refractivity contribution in [3.05, 3.63) is 0 Å². The molecular weight excluding hydrogens is 268 g/mol. The van der Waals surface area contributed by atoms with Crippen molar-refractivity contribution in [1.29, 1.82) is 0 Å². The fraction of sp³-hybridized carbons (Fsp3) is 0.750. The number of urea groups is 1. The number of imide groups is 2. The highest BCUT2D eigenvalue weighted by Crippen LogP contribution is 2.23. The molecule has 0 aromatic rings. The predicted molar refractivity (Wildman–Crippen MR) is 69.7 cm³/mol. The zero-order chi connectivity index (χ0) is 14.0. The van der Waals surface area contributed by atoms with Crippen LogP contribution in [-0.2, 0) is 20.4 Å².